The van der Waals surface area contributed by atoms with Gasteiger partial charge >= 0.3 is 12.1 Å². The summed E-state index contributed by atoms with van der Waals surface area (Å²) in [5.41, 5.74) is 3.30. The first-order valence-electron chi connectivity index (χ1n) is 30.9. The van der Waals surface area contributed by atoms with Gasteiger partial charge in [0, 0.05) is 102 Å². The largest absolute Gasteiger partial charge is 0.458 e. The van der Waals surface area contributed by atoms with Gasteiger partial charge in [0.25, 0.3) is 0 Å². The average molecular weight is 1200 g/mol. The van der Waals surface area contributed by atoms with Gasteiger partial charge in [-0.3, -0.25) is 25.4 Å². The molecule has 1 aromatic carbocycles. The van der Waals surface area contributed by atoms with Crippen LogP contribution in [0.15, 0.2) is 47.6 Å². The zero-order chi connectivity index (χ0) is 62.3. The molecule has 3 unspecified atom stereocenters. The maximum Gasteiger partial charge on any atom is 0.425 e. The van der Waals surface area contributed by atoms with E-state index in [2.05, 4.69) is 34.1 Å². The number of hydrogen-bond donors (Lipinski definition) is 3. The molecule has 7 rings (SSSR count). The number of nitrogens with two attached hydrogens (primary N) is 1. The van der Waals surface area contributed by atoms with E-state index < -0.39 is 120 Å². The van der Waals surface area contributed by atoms with Crippen molar-refractivity contribution < 1.29 is 66.5 Å². The molecule has 6 heterocycles. The highest BCUT2D eigenvalue weighted by Gasteiger charge is 2.62. The van der Waals surface area contributed by atoms with Gasteiger partial charge in [-0.25, -0.2) is 24.6 Å². The van der Waals surface area contributed by atoms with E-state index in [1.165, 1.54) is 10.0 Å². The fourth-order valence-electron chi connectivity index (χ4n) is 14.6. The van der Waals surface area contributed by atoms with Crippen LogP contribution in [0.5, 0.6) is 0 Å². The molecule has 2 aromatic rings. The highest BCUT2D eigenvalue weighted by atomic mass is 19.1. The van der Waals surface area contributed by atoms with Crippen LogP contribution in [0.4, 0.5) is 9.18 Å². The van der Waals surface area contributed by atoms with E-state index >= 15 is 14.0 Å². The van der Waals surface area contributed by atoms with Crippen molar-refractivity contribution in [3.63, 3.8) is 0 Å². The summed E-state index contributed by atoms with van der Waals surface area (Å²) in [5, 5.41) is 14.4. The molecule has 21 heteroatoms. The molecule has 0 radical (unpaired) electrons. The van der Waals surface area contributed by atoms with Gasteiger partial charge in [0.05, 0.1) is 60.2 Å². The molecule has 21 atom stereocenters. The first-order chi connectivity index (χ1) is 40.3. The monoisotopic (exact) mass is 1200 g/mol. The fraction of sp³-hybridized carbons (Fsp3) is 0.766. The van der Waals surface area contributed by atoms with Crippen molar-refractivity contribution in [2.45, 2.75) is 211 Å². The van der Waals surface area contributed by atoms with Crippen molar-refractivity contribution in [2.75, 3.05) is 67.9 Å². The van der Waals surface area contributed by atoms with E-state index in [0.717, 1.165) is 28.8 Å². The van der Waals surface area contributed by atoms with Gasteiger partial charge in [0.2, 0.25) is 0 Å². The van der Waals surface area contributed by atoms with Crippen LogP contribution in [-0.2, 0) is 52.2 Å². The number of carbonyl (C=O) groups is 3. The molecule has 85 heavy (non-hydrogen) atoms. The van der Waals surface area contributed by atoms with Crippen molar-refractivity contribution in [1.29, 1.82) is 0 Å². The number of aromatic nitrogens is 1. The molecule has 0 spiro atoms. The van der Waals surface area contributed by atoms with Crippen molar-refractivity contribution in [1.82, 2.24) is 25.3 Å². The van der Waals surface area contributed by atoms with Gasteiger partial charge in [-0.1, -0.05) is 65.0 Å². The smallest absolute Gasteiger partial charge is 0.425 e. The molecule has 1 amide bonds. The van der Waals surface area contributed by atoms with E-state index in [4.69, 9.17) is 48.5 Å². The number of aryl methyl sites for hydroxylation is 1. The Labute approximate surface area is 504 Å². The molecule has 0 bridgehead atoms. The summed E-state index contributed by atoms with van der Waals surface area (Å²) in [6.45, 7) is 26.3. The highest BCUT2D eigenvalue weighted by Crippen LogP contribution is 2.47. The summed E-state index contributed by atoms with van der Waals surface area (Å²) in [6.07, 6.45) is -1.40. The number of hydrazine groups is 2. The summed E-state index contributed by atoms with van der Waals surface area (Å²) in [5.74, 6) is 2.66. The predicted octanol–water partition coefficient (Wildman–Crippen LogP) is 7.85. The lowest BCUT2D eigenvalue weighted by atomic mass is 9.67. The molecule has 0 aliphatic carbocycles. The lowest BCUT2D eigenvalue weighted by Gasteiger charge is -2.52. The van der Waals surface area contributed by atoms with Gasteiger partial charge in [-0.2, -0.15) is 0 Å². The third-order valence-electron chi connectivity index (χ3n) is 19.9. The zero-order valence-corrected chi connectivity index (χ0v) is 53.4. The number of amides is 1. The first-order valence-corrected chi connectivity index (χ1v) is 30.9. The molecule has 5 aliphatic heterocycles. The van der Waals surface area contributed by atoms with Crippen LogP contribution in [0.25, 0.3) is 11.1 Å². The van der Waals surface area contributed by atoms with Crippen molar-refractivity contribution in [3.05, 3.63) is 53.9 Å². The number of alkyl halides is 1. The Hall–Kier alpha value is -4.10. The standard InChI is InChI=1S/C64H102FN7O13/c1-17-52-64(11)57(72(61(76)85-64)69-33-44-25-27-80-36-44)42(7)55(73)37(2)30-63(10,79-16)59(40(5)54(41(6)60(75)83-52)51-31-62(9,78-15)58(74)43(8)82-51)84-53-29-49(28-39(4)81-53)70(13)26-24-48(67-12)35-71(66)50(32-65)56(77-14)46-22-20-45(21-23-46)47-19-18-38(3)68-34-47/h18-23,34,37,39-44,48-54,56-59,69,74H,12,17,24-33,35-36,66H2,1-11,13-16H3/t37-,39-,40+,41-,42+,43+,44?,48?,49+,50-,51-,52-,53+,54?,56-,57-,58+,59-,62-,63-,64-/m1/s1. The second-order valence-electron chi connectivity index (χ2n) is 25.9. The SMILES string of the molecule is C=NC(CCN(C)[C@@H]1C[C@H](O[C@@H]2[C@@H](C)C([C@H]3C[C@@](C)(OC)[C@@H](O)[C@H](C)O3)[C@@H](C)C(=O)O[C@H](CC)[C@@]3(C)OC(=O)N(NCC4CCOC4)[C@@H]3[C@@H](C)C(=O)[C@H](C)C[C@@]2(C)OC)O[C@H](C)C1)CN(N)[C@H](CF)[C@H](OC)c1ccc(-c2ccc(C)nc2)cc1. The second kappa shape index (κ2) is 29.5. The number of ether oxygens (including phenoxy) is 9. The van der Waals surface area contributed by atoms with Gasteiger partial charge < -0.3 is 52.6 Å². The van der Waals surface area contributed by atoms with Gasteiger partial charge in [-0.15, -0.1) is 0 Å². The second-order valence-corrected chi connectivity index (χ2v) is 25.9. The van der Waals surface area contributed by atoms with E-state index in [1.807, 2.05) is 105 Å². The maximum atomic E-state index is 15.3. The summed E-state index contributed by atoms with van der Waals surface area (Å²) < 4.78 is 73.2. The zero-order valence-electron chi connectivity index (χ0n) is 53.4. The molecule has 5 aliphatic rings. The van der Waals surface area contributed by atoms with Crippen molar-refractivity contribution in [3.8, 4) is 11.1 Å². The molecule has 0 saturated carbocycles. The van der Waals surface area contributed by atoms with E-state index in [-0.39, 0.29) is 55.7 Å². The third kappa shape index (κ3) is 15.3. The molecule has 1 aromatic heterocycles. The Morgan fingerprint density at radius 3 is 2.26 bits per heavy atom. The Bertz CT molecular complexity index is 2500. The van der Waals surface area contributed by atoms with Gasteiger partial charge in [0.15, 0.2) is 11.9 Å². The Morgan fingerprint density at radius 2 is 1.66 bits per heavy atom. The minimum Gasteiger partial charge on any atom is -0.458 e. The normalized spacial score (nSPS) is 37.2. The molecule has 5 fully saturated rings. The number of hydrogen-bond acceptors (Lipinski definition) is 19. The molecule has 5 saturated heterocycles. The number of carbonyl (C=O) groups excluding carboxylic acids is 3. The average Bonchev–Trinajstić information content (AvgIpc) is 2.03. The number of aliphatic hydroxyl groups excluding tert-OH is 1. The number of methoxy groups -OCH3 is 3. The number of nitrogens with one attached hydrogen (secondary N) is 1. The number of cyclic esters (lactones) is 1. The Kier molecular flexibility index (Phi) is 23.7. The molecular weight excluding hydrogens is 1090 g/mol. The third-order valence-corrected chi connectivity index (χ3v) is 19.9. The summed E-state index contributed by atoms with van der Waals surface area (Å²) in [7, 11) is 6.79. The van der Waals surface area contributed by atoms with E-state index in [1.54, 1.807) is 35.2 Å². The predicted molar refractivity (Wildman–Crippen MR) is 321 cm³/mol. The summed E-state index contributed by atoms with van der Waals surface area (Å²) in [4.78, 5) is 55.8. The molecule has 4 N–H and O–H groups in total. The number of esters is 1. The maximum absolute atomic E-state index is 15.3. The minimum atomic E-state index is -1.45. The fourth-order valence-corrected chi connectivity index (χ4v) is 14.6. The Morgan fingerprint density at radius 1 is 0.965 bits per heavy atom. The number of aliphatic imine (C=N–C) groups is 1. The number of ketones is 1. The molecule has 20 nitrogen and oxygen atoms in total. The van der Waals surface area contributed by atoms with Crippen LogP contribution in [0.1, 0.15) is 132 Å². The number of benzene rings is 1. The number of nitrogens with zero attached hydrogens (tertiary/aromatic N) is 5. The van der Waals surface area contributed by atoms with Gasteiger partial charge in [0.1, 0.15) is 36.8 Å². The van der Waals surface area contributed by atoms with Crippen LogP contribution < -0.4 is 11.3 Å². The first kappa shape index (κ1) is 68.4. The Balaban J connectivity index is 1.15. The van der Waals surface area contributed by atoms with Crippen molar-refractivity contribution >= 4 is 24.6 Å². The quantitative estimate of drug-likeness (QED) is 0.0441. The number of fused-ring (bicyclic) bond motifs is 1. The number of rotatable bonds is 22. The topological polar surface area (TPSA) is 228 Å². The number of pyridine rings is 1. The number of Topliss-reactive ketones (excluding diaryl/α,β-unsaturated/α-hetero) is 1. The van der Waals surface area contributed by atoms with Crippen LogP contribution in [0.3, 0.4) is 0 Å². The van der Waals surface area contributed by atoms with Crippen molar-refractivity contribution in [2.24, 2.45) is 46.3 Å². The van der Waals surface area contributed by atoms with Crippen LogP contribution in [0.2, 0.25) is 0 Å². The minimum absolute atomic E-state index is 0.0298. The lowest BCUT2D eigenvalue weighted by molar-refractivity contribution is -0.278. The van der Waals surface area contributed by atoms with Gasteiger partial charge in [-0.05, 0) is 116 Å². The number of halogens is 1. The summed E-state index contributed by atoms with van der Waals surface area (Å²) in [6, 6.07) is 9.75. The van der Waals surface area contributed by atoms with Crippen LogP contribution in [-0.4, -0.2) is 201 Å². The summed E-state index contributed by atoms with van der Waals surface area (Å²) >= 11 is 0. The van der Waals surface area contributed by atoms with E-state index in [9.17, 15) is 9.90 Å². The van der Waals surface area contributed by atoms with Crippen LogP contribution >= 0.6 is 0 Å². The highest BCUT2D eigenvalue weighted by molar-refractivity contribution is 5.85. The lowest BCUT2D eigenvalue weighted by Crippen LogP contribution is -2.62. The van der Waals surface area contributed by atoms with E-state index in [0.29, 0.717) is 45.6 Å². The molecular formula is C64H102FN7O13. The number of aliphatic hydroxyl groups is 1. The molecule has 478 valence electrons. The van der Waals surface area contributed by atoms with Crippen LogP contribution in [0, 0.1) is 42.4 Å².